The van der Waals surface area contributed by atoms with Crippen molar-refractivity contribution < 1.29 is 9.53 Å². The third-order valence-corrected chi connectivity index (χ3v) is 4.26. The zero-order valence-electron chi connectivity index (χ0n) is 14.8. The fourth-order valence-corrected chi connectivity index (χ4v) is 3.24. The number of ether oxygens (including phenoxy) is 1. The van der Waals surface area contributed by atoms with Crippen LogP contribution in [0, 0.1) is 0 Å². The van der Waals surface area contributed by atoms with Gasteiger partial charge in [0.05, 0.1) is 5.54 Å². The van der Waals surface area contributed by atoms with Crippen molar-refractivity contribution in [2.24, 2.45) is 5.73 Å². The fourth-order valence-electron chi connectivity index (χ4n) is 3.24. The van der Waals surface area contributed by atoms with Crippen molar-refractivity contribution in [3.63, 3.8) is 0 Å². The van der Waals surface area contributed by atoms with Gasteiger partial charge in [0.25, 0.3) is 0 Å². The number of nitrogens with two attached hydrogens (primary N) is 1. The topological polar surface area (TPSA) is 108 Å². The average Bonchev–Trinajstić information content (AvgIpc) is 3.14. The Morgan fingerprint density at radius 2 is 2.04 bits per heavy atom. The molecule has 1 aliphatic rings. The molecule has 0 spiro atoms. The molecule has 134 valence electrons. The minimum absolute atomic E-state index is 0.125. The quantitative estimate of drug-likeness (QED) is 0.883. The Balaban J connectivity index is 1.84. The van der Waals surface area contributed by atoms with Crippen LogP contribution in [-0.2, 0) is 10.3 Å². The lowest BCUT2D eigenvalue weighted by Gasteiger charge is -2.24. The van der Waals surface area contributed by atoms with Crippen LogP contribution in [0.25, 0.3) is 0 Å². The van der Waals surface area contributed by atoms with Gasteiger partial charge in [-0.3, -0.25) is 4.68 Å². The number of anilines is 2. The maximum Gasteiger partial charge on any atom is 0.404 e. The van der Waals surface area contributed by atoms with E-state index < -0.39 is 6.09 Å². The van der Waals surface area contributed by atoms with Crippen LogP contribution in [0.3, 0.4) is 0 Å². The van der Waals surface area contributed by atoms with E-state index in [-0.39, 0.29) is 17.6 Å². The molecular weight excluding hydrogens is 320 g/mol. The van der Waals surface area contributed by atoms with E-state index in [1.165, 1.54) is 0 Å². The van der Waals surface area contributed by atoms with Crippen LogP contribution in [-0.4, -0.2) is 31.9 Å². The Labute approximate surface area is 146 Å². The normalized spacial score (nSPS) is 20.4. The highest BCUT2D eigenvalue weighted by Crippen LogP contribution is 2.38. The Morgan fingerprint density at radius 1 is 1.32 bits per heavy atom. The summed E-state index contributed by atoms with van der Waals surface area (Å²) in [7, 11) is 0. The number of carbonyl (C=O) groups is 1. The van der Waals surface area contributed by atoms with Gasteiger partial charge >= 0.3 is 6.09 Å². The van der Waals surface area contributed by atoms with Crippen molar-refractivity contribution in [1.82, 2.24) is 19.7 Å². The first-order valence-electron chi connectivity index (χ1n) is 8.43. The van der Waals surface area contributed by atoms with E-state index in [1.54, 1.807) is 18.5 Å². The lowest BCUT2D eigenvalue weighted by molar-refractivity contribution is 0.109. The molecule has 0 radical (unpaired) electrons. The maximum absolute atomic E-state index is 11.0. The van der Waals surface area contributed by atoms with Gasteiger partial charge in [-0.05, 0) is 46.1 Å². The van der Waals surface area contributed by atoms with Crippen molar-refractivity contribution in [3.05, 3.63) is 30.2 Å². The minimum Gasteiger partial charge on any atom is -0.446 e. The highest BCUT2D eigenvalue weighted by Gasteiger charge is 2.33. The number of amides is 1. The Bertz CT molecular complexity index is 737. The molecular formula is C17H24N6O2. The summed E-state index contributed by atoms with van der Waals surface area (Å²) in [6.07, 6.45) is 5.03. The van der Waals surface area contributed by atoms with Gasteiger partial charge in [0.2, 0.25) is 5.95 Å². The van der Waals surface area contributed by atoms with Crippen LogP contribution in [0.4, 0.5) is 16.6 Å². The van der Waals surface area contributed by atoms with E-state index in [2.05, 4.69) is 36.1 Å². The Hall–Kier alpha value is -2.64. The number of nitrogens with zero attached hydrogens (tertiary/aromatic N) is 4. The van der Waals surface area contributed by atoms with Gasteiger partial charge in [-0.25, -0.2) is 14.8 Å². The third kappa shape index (κ3) is 4.07. The van der Waals surface area contributed by atoms with Gasteiger partial charge in [-0.15, -0.1) is 0 Å². The van der Waals surface area contributed by atoms with Crippen molar-refractivity contribution in [2.45, 2.75) is 57.6 Å². The van der Waals surface area contributed by atoms with Crippen LogP contribution < -0.4 is 11.1 Å². The van der Waals surface area contributed by atoms with E-state index >= 15 is 0 Å². The molecule has 2 atom stereocenters. The van der Waals surface area contributed by atoms with Crippen molar-refractivity contribution in [2.75, 3.05) is 5.32 Å². The smallest absolute Gasteiger partial charge is 0.404 e. The highest BCUT2D eigenvalue weighted by atomic mass is 16.6. The molecule has 25 heavy (non-hydrogen) atoms. The summed E-state index contributed by atoms with van der Waals surface area (Å²) >= 11 is 0. The first kappa shape index (κ1) is 17.2. The zero-order valence-corrected chi connectivity index (χ0v) is 14.8. The SMILES string of the molecule is CC(C)(C)n1nc(Nc2ncccn2)cc1[C@@H]1CCC(OC(N)=O)C1. The number of nitrogens with one attached hydrogen (secondary N) is 1. The maximum atomic E-state index is 11.0. The average molecular weight is 344 g/mol. The van der Waals surface area contributed by atoms with Crippen LogP contribution >= 0.6 is 0 Å². The molecule has 8 heteroatoms. The second-order valence-corrected chi connectivity index (χ2v) is 7.30. The minimum atomic E-state index is -0.710. The van der Waals surface area contributed by atoms with E-state index in [1.807, 2.05) is 10.7 Å². The molecule has 1 fully saturated rings. The first-order valence-corrected chi connectivity index (χ1v) is 8.43. The third-order valence-electron chi connectivity index (χ3n) is 4.26. The number of aromatic nitrogens is 4. The molecule has 0 bridgehead atoms. The second-order valence-electron chi connectivity index (χ2n) is 7.30. The lowest BCUT2D eigenvalue weighted by atomic mass is 10.0. The van der Waals surface area contributed by atoms with Gasteiger partial charge in [0.1, 0.15) is 6.10 Å². The van der Waals surface area contributed by atoms with E-state index in [9.17, 15) is 4.79 Å². The van der Waals surface area contributed by atoms with Crippen LogP contribution in [0.5, 0.6) is 0 Å². The standard InChI is InChI=1S/C17H24N6O2/c1-17(2,3)23-13(11-5-6-12(9-11)25-15(18)24)10-14(22-23)21-16-19-7-4-8-20-16/h4,7-8,10-12H,5-6,9H2,1-3H3,(H2,18,24)(H,19,20,21,22)/t11-,12?/m1/s1. The fraction of sp³-hybridized carbons (Fsp3) is 0.529. The molecule has 1 unspecified atom stereocenters. The summed E-state index contributed by atoms with van der Waals surface area (Å²) in [6.45, 7) is 6.33. The molecule has 0 saturated heterocycles. The van der Waals surface area contributed by atoms with Crippen molar-refractivity contribution >= 4 is 17.9 Å². The van der Waals surface area contributed by atoms with Crippen LogP contribution in [0.1, 0.15) is 51.6 Å². The number of rotatable bonds is 4. The van der Waals surface area contributed by atoms with Crippen molar-refractivity contribution in [1.29, 1.82) is 0 Å². The molecule has 2 aromatic rings. The monoisotopic (exact) mass is 344 g/mol. The van der Waals surface area contributed by atoms with Gasteiger partial charge in [0.15, 0.2) is 5.82 Å². The van der Waals surface area contributed by atoms with Crippen LogP contribution in [0.2, 0.25) is 0 Å². The number of hydrogen-bond acceptors (Lipinski definition) is 6. The summed E-state index contributed by atoms with van der Waals surface area (Å²) in [6, 6.07) is 3.79. The van der Waals surface area contributed by atoms with Gasteiger partial charge < -0.3 is 15.8 Å². The summed E-state index contributed by atoms with van der Waals surface area (Å²) in [5, 5.41) is 7.84. The molecule has 0 aliphatic heterocycles. The highest BCUT2D eigenvalue weighted by molar-refractivity contribution is 5.64. The van der Waals surface area contributed by atoms with Gasteiger partial charge in [-0.1, -0.05) is 0 Å². The summed E-state index contributed by atoms with van der Waals surface area (Å²) in [4.78, 5) is 19.3. The molecule has 3 rings (SSSR count). The molecule has 2 aromatic heterocycles. The summed E-state index contributed by atoms with van der Waals surface area (Å²) in [5.41, 5.74) is 6.08. The molecule has 2 heterocycles. The molecule has 1 aliphatic carbocycles. The number of carbonyl (C=O) groups excluding carboxylic acids is 1. The van der Waals surface area contributed by atoms with E-state index in [0.717, 1.165) is 25.0 Å². The molecule has 8 nitrogen and oxygen atoms in total. The molecule has 1 amide bonds. The number of hydrogen-bond donors (Lipinski definition) is 2. The van der Waals surface area contributed by atoms with Crippen LogP contribution in [0.15, 0.2) is 24.5 Å². The van der Waals surface area contributed by atoms with Gasteiger partial charge in [0, 0.05) is 30.1 Å². The van der Waals surface area contributed by atoms with Gasteiger partial charge in [-0.2, -0.15) is 5.10 Å². The van der Waals surface area contributed by atoms with E-state index in [4.69, 9.17) is 15.6 Å². The molecule has 3 N–H and O–H groups in total. The molecule has 0 aromatic carbocycles. The second kappa shape index (κ2) is 6.70. The lowest BCUT2D eigenvalue weighted by Crippen LogP contribution is -2.26. The zero-order chi connectivity index (χ0) is 18.0. The summed E-state index contributed by atoms with van der Waals surface area (Å²) < 4.78 is 7.19. The van der Waals surface area contributed by atoms with E-state index in [0.29, 0.717) is 11.8 Å². The van der Waals surface area contributed by atoms with Crippen molar-refractivity contribution in [3.8, 4) is 0 Å². The number of primary amides is 1. The Morgan fingerprint density at radius 3 is 2.68 bits per heavy atom. The predicted molar refractivity (Wildman–Crippen MR) is 93.6 cm³/mol. The largest absolute Gasteiger partial charge is 0.446 e. The predicted octanol–water partition coefficient (Wildman–Crippen LogP) is 2.90. The molecule has 1 saturated carbocycles. The Kier molecular flexibility index (Phi) is 4.61. The first-order chi connectivity index (χ1) is 11.8. The summed E-state index contributed by atoms with van der Waals surface area (Å²) in [5.74, 6) is 1.48.